The molecule has 1 N–H and O–H groups in total. The fourth-order valence-electron chi connectivity index (χ4n) is 2.25. The Bertz CT molecular complexity index is 851. The summed E-state index contributed by atoms with van der Waals surface area (Å²) in [5, 5.41) is 3.41. The van der Waals surface area contributed by atoms with Gasteiger partial charge < -0.3 is 9.47 Å². The molecule has 0 bridgehead atoms. The van der Waals surface area contributed by atoms with Crippen LogP contribution in [0.4, 0.5) is 5.13 Å². The topological polar surface area (TPSA) is 60.5 Å². The molecule has 0 aliphatic rings. The van der Waals surface area contributed by atoms with Gasteiger partial charge in [-0.15, -0.1) is 0 Å². The first-order valence-electron chi connectivity index (χ1n) is 7.01. The highest BCUT2D eigenvalue weighted by Gasteiger charge is 2.13. The predicted molar refractivity (Wildman–Crippen MR) is 91.9 cm³/mol. The molecule has 0 aliphatic carbocycles. The smallest absolute Gasteiger partial charge is 0.257 e. The number of ether oxygens (including phenoxy) is 2. The van der Waals surface area contributed by atoms with E-state index in [-0.39, 0.29) is 5.91 Å². The molecule has 1 heterocycles. The van der Waals surface area contributed by atoms with E-state index in [0.29, 0.717) is 22.2 Å². The van der Waals surface area contributed by atoms with E-state index in [9.17, 15) is 4.79 Å². The third kappa shape index (κ3) is 3.12. The number of thiazole rings is 1. The summed E-state index contributed by atoms with van der Waals surface area (Å²) < 4.78 is 11.4. The van der Waals surface area contributed by atoms with Gasteiger partial charge in [0.25, 0.3) is 5.91 Å². The zero-order valence-corrected chi connectivity index (χ0v) is 13.9. The lowest BCUT2D eigenvalue weighted by Gasteiger charge is -2.07. The molecule has 0 saturated carbocycles. The molecule has 3 rings (SSSR count). The molecular weight excluding hydrogens is 312 g/mol. The molecule has 6 heteroatoms. The van der Waals surface area contributed by atoms with E-state index in [1.54, 1.807) is 32.4 Å². The quantitative estimate of drug-likeness (QED) is 0.790. The van der Waals surface area contributed by atoms with E-state index < -0.39 is 0 Å². The number of anilines is 1. The molecule has 3 aromatic rings. The molecule has 118 valence electrons. The highest BCUT2D eigenvalue weighted by atomic mass is 32.1. The molecular formula is C17H16N2O3S. The fourth-order valence-corrected chi connectivity index (χ4v) is 3.19. The minimum Gasteiger partial charge on any atom is -0.497 e. The molecule has 0 aliphatic heterocycles. The highest BCUT2D eigenvalue weighted by Crippen LogP contribution is 2.29. The van der Waals surface area contributed by atoms with Crippen LogP contribution in [0.2, 0.25) is 0 Å². The zero-order valence-electron chi connectivity index (χ0n) is 13.0. The summed E-state index contributed by atoms with van der Waals surface area (Å²) in [5.74, 6) is 0.878. The van der Waals surface area contributed by atoms with Crippen molar-refractivity contribution in [2.45, 2.75) is 6.92 Å². The Balaban J connectivity index is 1.89. The maximum Gasteiger partial charge on any atom is 0.257 e. The number of carbonyl (C=O) groups is 1. The third-order valence-corrected chi connectivity index (χ3v) is 4.39. The van der Waals surface area contributed by atoms with Crippen molar-refractivity contribution < 1.29 is 14.3 Å². The normalized spacial score (nSPS) is 10.6. The maximum absolute atomic E-state index is 12.5. The molecule has 5 nitrogen and oxygen atoms in total. The second-order valence-corrected chi connectivity index (χ2v) is 6.03. The summed E-state index contributed by atoms with van der Waals surface area (Å²) in [6, 6.07) is 11.0. The Hall–Kier alpha value is -2.60. The molecule has 2 aromatic carbocycles. The predicted octanol–water partition coefficient (Wildman–Crippen LogP) is 3.87. The van der Waals surface area contributed by atoms with Gasteiger partial charge >= 0.3 is 0 Å². The molecule has 0 radical (unpaired) electrons. The van der Waals surface area contributed by atoms with Crippen LogP contribution in [-0.4, -0.2) is 25.1 Å². The number of amides is 1. The number of fused-ring (bicyclic) bond motifs is 1. The van der Waals surface area contributed by atoms with Crippen LogP contribution in [-0.2, 0) is 0 Å². The van der Waals surface area contributed by atoms with Crippen LogP contribution in [0.15, 0.2) is 36.4 Å². The van der Waals surface area contributed by atoms with Crippen LogP contribution >= 0.6 is 11.3 Å². The van der Waals surface area contributed by atoms with Gasteiger partial charge in [0.05, 0.1) is 24.4 Å². The number of aryl methyl sites for hydroxylation is 1. The summed E-state index contributed by atoms with van der Waals surface area (Å²) in [6.07, 6.45) is 0. The van der Waals surface area contributed by atoms with Crippen molar-refractivity contribution in [3.8, 4) is 11.5 Å². The molecule has 0 saturated heterocycles. The number of hydrogen-bond donors (Lipinski definition) is 1. The summed E-state index contributed by atoms with van der Waals surface area (Å²) in [6.45, 7) is 2.00. The average Bonchev–Trinajstić information content (AvgIpc) is 2.98. The number of methoxy groups -OCH3 is 2. The Morgan fingerprint density at radius 1 is 1.13 bits per heavy atom. The van der Waals surface area contributed by atoms with Crippen molar-refractivity contribution >= 4 is 32.6 Å². The number of benzene rings is 2. The van der Waals surface area contributed by atoms with Gasteiger partial charge in [-0.3, -0.25) is 10.1 Å². The zero-order chi connectivity index (χ0) is 16.4. The highest BCUT2D eigenvalue weighted by molar-refractivity contribution is 7.22. The second kappa shape index (κ2) is 6.26. The van der Waals surface area contributed by atoms with Gasteiger partial charge in [0.15, 0.2) is 5.13 Å². The minimum absolute atomic E-state index is 0.251. The summed E-state index contributed by atoms with van der Waals surface area (Å²) in [7, 11) is 3.10. The van der Waals surface area contributed by atoms with E-state index in [0.717, 1.165) is 15.8 Å². The number of rotatable bonds is 4. The lowest BCUT2D eigenvalue weighted by Crippen LogP contribution is -2.12. The molecule has 23 heavy (non-hydrogen) atoms. The van der Waals surface area contributed by atoms with Crippen LogP contribution in [0.1, 0.15) is 15.9 Å². The van der Waals surface area contributed by atoms with Crippen LogP contribution in [0.5, 0.6) is 11.5 Å². The SMILES string of the molecule is COc1cc(OC)cc(C(=O)Nc2nc3c(C)cccc3s2)c1. The van der Waals surface area contributed by atoms with Gasteiger partial charge in [-0.25, -0.2) is 4.98 Å². The molecule has 1 amide bonds. The number of carbonyl (C=O) groups excluding carboxylic acids is 1. The lowest BCUT2D eigenvalue weighted by molar-refractivity contribution is 0.102. The van der Waals surface area contributed by atoms with Gasteiger partial charge in [-0.1, -0.05) is 23.5 Å². The molecule has 1 aromatic heterocycles. The van der Waals surface area contributed by atoms with Crippen molar-refractivity contribution in [3.05, 3.63) is 47.5 Å². The van der Waals surface area contributed by atoms with E-state index in [1.807, 2.05) is 25.1 Å². The molecule has 0 fully saturated rings. The minimum atomic E-state index is -0.251. The van der Waals surface area contributed by atoms with Crippen LogP contribution in [0.3, 0.4) is 0 Å². The standard InChI is InChI=1S/C17H16N2O3S/c1-10-5-4-6-14-15(10)18-17(23-14)19-16(20)11-7-12(21-2)9-13(8-11)22-3/h4-9H,1-3H3,(H,18,19,20). The van der Waals surface area contributed by atoms with Crippen molar-refractivity contribution in [3.63, 3.8) is 0 Å². The van der Waals surface area contributed by atoms with Gasteiger partial charge in [-0.2, -0.15) is 0 Å². The largest absolute Gasteiger partial charge is 0.497 e. The molecule has 0 spiro atoms. The van der Waals surface area contributed by atoms with Crippen molar-refractivity contribution in [2.75, 3.05) is 19.5 Å². The number of hydrogen-bond acceptors (Lipinski definition) is 5. The van der Waals surface area contributed by atoms with Crippen LogP contribution in [0, 0.1) is 6.92 Å². The number of para-hydroxylation sites is 1. The number of nitrogens with one attached hydrogen (secondary N) is 1. The lowest BCUT2D eigenvalue weighted by atomic mass is 10.2. The number of aromatic nitrogens is 1. The van der Waals surface area contributed by atoms with Crippen LogP contribution in [0.25, 0.3) is 10.2 Å². The maximum atomic E-state index is 12.5. The average molecular weight is 328 g/mol. The van der Waals surface area contributed by atoms with Crippen molar-refractivity contribution in [1.29, 1.82) is 0 Å². The van der Waals surface area contributed by atoms with Gasteiger partial charge in [0.2, 0.25) is 0 Å². The summed E-state index contributed by atoms with van der Waals surface area (Å²) >= 11 is 1.45. The van der Waals surface area contributed by atoms with E-state index >= 15 is 0 Å². The Kier molecular flexibility index (Phi) is 4.16. The summed E-state index contributed by atoms with van der Waals surface area (Å²) in [4.78, 5) is 16.9. The second-order valence-electron chi connectivity index (χ2n) is 5.00. The van der Waals surface area contributed by atoms with Crippen molar-refractivity contribution in [1.82, 2.24) is 4.98 Å². The van der Waals surface area contributed by atoms with Gasteiger partial charge in [0.1, 0.15) is 11.5 Å². The fraction of sp³-hybridized carbons (Fsp3) is 0.176. The molecule has 0 unspecified atom stereocenters. The monoisotopic (exact) mass is 328 g/mol. The Morgan fingerprint density at radius 2 is 1.83 bits per heavy atom. The first kappa shape index (κ1) is 15.3. The summed E-state index contributed by atoms with van der Waals surface area (Å²) in [5.41, 5.74) is 2.45. The van der Waals surface area contributed by atoms with Gasteiger partial charge in [-0.05, 0) is 30.7 Å². The van der Waals surface area contributed by atoms with E-state index in [2.05, 4.69) is 10.3 Å². The Labute approximate surface area is 137 Å². The van der Waals surface area contributed by atoms with Crippen LogP contribution < -0.4 is 14.8 Å². The number of nitrogens with zero attached hydrogens (tertiary/aromatic N) is 1. The first-order chi connectivity index (χ1) is 11.1. The Morgan fingerprint density at radius 3 is 2.43 bits per heavy atom. The first-order valence-corrected chi connectivity index (χ1v) is 7.83. The van der Waals surface area contributed by atoms with E-state index in [4.69, 9.17) is 9.47 Å². The molecule has 0 atom stereocenters. The van der Waals surface area contributed by atoms with Gasteiger partial charge in [0, 0.05) is 11.6 Å². The van der Waals surface area contributed by atoms with Crippen molar-refractivity contribution in [2.24, 2.45) is 0 Å². The van der Waals surface area contributed by atoms with E-state index in [1.165, 1.54) is 11.3 Å². The third-order valence-electron chi connectivity index (χ3n) is 3.45.